The molecule has 4 nitrogen and oxygen atoms in total. The number of epoxide rings is 1. The number of carbonyl (C=O) groups excluding carboxylic acids is 1. The van der Waals surface area contributed by atoms with Crippen LogP contribution in [0.15, 0.2) is 35.5 Å². The van der Waals surface area contributed by atoms with Crippen molar-refractivity contribution < 1.29 is 19.7 Å². The Morgan fingerprint density at radius 3 is 2.81 bits per heavy atom. The van der Waals surface area contributed by atoms with Gasteiger partial charge in [-0.25, -0.2) is 0 Å². The zero-order valence-electron chi connectivity index (χ0n) is 15.8. The van der Waals surface area contributed by atoms with E-state index in [0.29, 0.717) is 11.8 Å². The molecule has 1 heterocycles. The maximum atomic E-state index is 11.8. The Balaban J connectivity index is 1.58. The van der Waals surface area contributed by atoms with Crippen molar-refractivity contribution >= 4 is 5.78 Å². The van der Waals surface area contributed by atoms with Gasteiger partial charge in [-0.2, -0.15) is 0 Å². The second-order valence-corrected chi connectivity index (χ2v) is 9.56. The van der Waals surface area contributed by atoms with Gasteiger partial charge in [-0.15, -0.1) is 0 Å². The van der Waals surface area contributed by atoms with Gasteiger partial charge in [0.1, 0.15) is 12.2 Å². The SMILES string of the molecule is CC1C[C@H]2[C@@H]3CCC4=CC(=O)C=C[C@]4(C)C3=CC[C@]2(C)[C@]12OC2(O)CO. The summed E-state index contributed by atoms with van der Waals surface area (Å²) < 4.78 is 5.92. The molecule has 1 spiro atoms. The first kappa shape index (κ1) is 16.9. The molecule has 140 valence electrons. The van der Waals surface area contributed by atoms with E-state index in [0.717, 1.165) is 25.7 Å². The minimum atomic E-state index is -1.39. The van der Waals surface area contributed by atoms with Gasteiger partial charge in [0.25, 0.3) is 0 Å². The van der Waals surface area contributed by atoms with Gasteiger partial charge < -0.3 is 14.9 Å². The fourth-order valence-electron chi connectivity index (χ4n) is 7.29. The smallest absolute Gasteiger partial charge is 0.220 e. The molecule has 4 heteroatoms. The Labute approximate surface area is 154 Å². The summed E-state index contributed by atoms with van der Waals surface area (Å²) in [7, 11) is 0. The van der Waals surface area contributed by atoms with Crippen LogP contribution in [0.5, 0.6) is 0 Å². The molecule has 2 saturated carbocycles. The Hall–Kier alpha value is -1.23. The highest BCUT2D eigenvalue weighted by Gasteiger charge is 2.83. The Bertz CT molecular complexity index is 794. The largest absolute Gasteiger partial charge is 0.391 e. The van der Waals surface area contributed by atoms with Crippen LogP contribution in [0.3, 0.4) is 0 Å². The number of hydrogen-bond donors (Lipinski definition) is 2. The summed E-state index contributed by atoms with van der Waals surface area (Å²) in [5, 5.41) is 20.5. The predicted octanol–water partition coefficient (Wildman–Crippen LogP) is 2.91. The van der Waals surface area contributed by atoms with Crippen LogP contribution in [0.4, 0.5) is 0 Å². The molecular weight excluding hydrogens is 328 g/mol. The summed E-state index contributed by atoms with van der Waals surface area (Å²) in [6, 6.07) is 0. The van der Waals surface area contributed by atoms with Crippen LogP contribution in [0, 0.1) is 28.6 Å². The first-order valence-corrected chi connectivity index (χ1v) is 9.90. The van der Waals surface area contributed by atoms with Crippen molar-refractivity contribution in [3.63, 3.8) is 0 Å². The second-order valence-electron chi connectivity index (χ2n) is 9.56. The average molecular weight is 356 g/mol. The van der Waals surface area contributed by atoms with E-state index in [1.165, 1.54) is 11.1 Å². The number of ether oxygens (including phenoxy) is 1. The topological polar surface area (TPSA) is 70.1 Å². The van der Waals surface area contributed by atoms with Crippen LogP contribution in [0.1, 0.15) is 46.5 Å². The number of fused-ring (bicyclic) bond motifs is 6. The molecule has 0 amide bonds. The normalized spacial score (nSPS) is 54.3. The maximum absolute atomic E-state index is 11.8. The van der Waals surface area contributed by atoms with Crippen molar-refractivity contribution in [2.45, 2.75) is 57.8 Å². The third-order valence-electron chi connectivity index (χ3n) is 8.57. The minimum Gasteiger partial charge on any atom is -0.391 e. The third-order valence-corrected chi connectivity index (χ3v) is 8.57. The number of rotatable bonds is 1. The number of carbonyl (C=O) groups is 1. The zero-order valence-corrected chi connectivity index (χ0v) is 15.8. The van der Waals surface area contributed by atoms with E-state index in [-0.39, 0.29) is 29.1 Å². The second kappa shape index (κ2) is 4.78. The Morgan fingerprint density at radius 2 is 2.12 bits per heavy atom. The molecule has 4 aliphatic carbocycles. The molecule has 0 aromatic carbocycles. The fraction of sp³-hybridized carbons (Fsp3) is 0.682. The minimum absolute atomic E-state index is 0.102. The van der Waals surface area contributed by atoms with Gasteiger partial charge in [0.15, 0.2) is 5.78 Å². The van der Waals surface area contributed by atoms with Crippen molar-refractivity contribution in [3.8, 4) is 0 Å². The van der Waals surface area contributed by atoms with E-state index < -0.39 is 11.4 Å². The molecule has 7 atom stereocenters. The molecule has 2 unspecified atom stereocenters. The zero-order chi connectivity index (χ0) is 18.5. The quantitative estimate of drug-likeness (QED) is 0.560. The summed E-state index contributed by atoms with van der Waals surface area (Å²) in [6.45, 7) is 6.31. The molecule has 0 aromatic heterocycles. The van der Waals surface area contributed by atoms with E-state index in [1.54, 1.807) is 6.08 Å². The number of ketones is 1. The Kier molecular flexibility index (Phi) is 3.11. The van der Waals surface area contributed by atoms with Crippen LogP contribution in [0.2, 0.25) is 0 Å². The predicted molar refractivity (Wildman–Crippen MR) is 97.0 cm³/mol. The highest BCUT2D eigenvalue weighted by molar-refractivity contribution is 6.01. The van der Waals surface area contributed by atoms with Gasteiger partial charge in [0.2, 0.25) is 5.79 Å². The van der Waals surface area contributed by atoms with Crippen molar-refractivity contribution in [3.05, 3.63) is 35.5 Å². The van der Waals surface area contributed by atoms with Gasteiger partial charge in [-0.1, -0.05) is 37.1 Å². The molecule has 26 heavy (non-hydrogen) atoms. The molecule has 3 fully saturated rings. The van der Waals surface area contributed by atoms with E-state index in [9.17, 15) is 15.0 Å². The first-order valence-electron chi connectivity index (χ1n) is 9.90. The average Bonchev–Trinajstić information content (AvgIpc) is 3.19. The van der Waals surface area contributed by atoms with Crippen LogP contribution >= 0.6 is 0 Å². The molecule has 0 aromatic rings. The van der Waals surface area contributed by atoms with Gasteiger partial charge in [-0.3, -0.25) is 4.79 Å². The monoisotopic (exact) mass is 356 g/mol. The molecule has 1 saturated heterocycles. The van der Waals surface area contributed by atoms with Crippen molar-refractivity contribution in [2.24, 2.45) is 28.6 Å². The molecule has 1 aliphatic heterocycles. The standard InChI is InChI=1S/C22H28O4/c1-13-10-18-16-5-4-14-11-15(24)6-8-19(14,2)17(16)7-9-20(18,3)22(13)21(25,12-23)26-22/h6-8,11,13,16,18,23,25H,4-5,9-10,12H2,1-3H3/t13?,16-,18+,19+,20+,21?,22-/m1/s1. The fourth-order valence-corrected chi connectivity index (χ4v) is 7.29. The van der Waals surface area contributed by atoms with Crippen molar-refractivity contribution in [1.29, 1.82) is 0 Å². The summed E-state index contributed by atoms with van der Waals surface area (Å²) in [4.78, 5) is 11.8. The summed E-state index contributed by atoms with van der Waals surface area (Å²) in [6.07, 6.45) is 11.9. The van der Waals surface area contributed by atoms with Crippen LogP contribution < -0.4 is 0 Å². The van der Waals surface area contributed by atoms with Crippen molar-refractivity contribution in [1.82, 2.24) is 0 Å². The molecule has 5 rings (SSSR count). The lowest BCUT2D eigenvalue weighted by Crippen LogP contribution is -2.49. The highest BCUT2D eigenvalue weighted by Crippen LogP contribution is 2.75. The summed E-state index contributed by atoms with van der Waals surface area (Å²) in [5.74, 6) is -0.187. The van der Waals surface area contributed by atoms with Gasteiger partial charge in [-0.05, 0) is 62.5 Å². The maximum Gasteiger partial charge on any atom is 0.220 e. The van der Waals surface area contributed by atoms with Crippen LogP contribution in [-0.4, -0.2) is 34.0 Å². The lowest BCUT2D eigenvalue weighted by atomic mass is 9.52. The lowest BCUT2D eigenvalue weighted by Gasteiger charge is -2.52. The van der Waals surface area contributed by atoms with Gasteiger partial charge in [0, 0.05) is 10.8 Å². The summed E-state index contributed by atoms with van der Waals surface area (Å²) in [5.41, 5.74) is 1.75. The molecular formula is C22H28O4. The van der Waals surface area contributed by atoms with E-state index in [1.807, 2.05) is 6.08 Å². The molecule has 2 N–H and O–H groups in total. The van der Waals surface area contributed by atoms with E-state index in [4.69, 9.17) is 4.74 Å². The summed E-state index contributed by atoms with van der Waals surface area (Å²) >= 11 is 0. The van der Waals surface area contributed by atoms with Gasteiger partial charge in [0.05, 0.1) is 0 Å². The van der Waals surface area contributed by atoms with E-state index in [2.05, 4.69) is 32.9 Å². The molecule has 5 aliphatic rings. The van der Waals surface area contributed by atoms with Gasteiger partial charge >= 0.3 is 0 Å². The number of hydrogen-bond acceptors (Lipinski definition) is 4. The number of allylic oxidation sites excluding steroid dienone is 6. The molecule has 0 radical (unpaired) electrons. The first-order chi connectivity index (χ1) is 12.2. The number of aliphatic hydroxyl groups excluding tert-OH is 1. The number of aliphatic hydroxyl groups is 2. The van der Waals surface area contributed by atoms with Crippen LogP contribution in [-0.2, 0) is 9.53 Å². The molecule has 0 bridgehead atoms. The van der Waals surface area contributed by atoms with E-state index >= 15 is 0 Å². The highest BCUT2D eigenvalue weighted by atomic mass is 16.8. The lowest BCUT2D eigenvalue weighted by molar-refractivity contribution is -0.110. The van der Waals surface area contributed by atoms with Crippen molar-refractivity contribution in [2.75, 3.05) is 6.61 Å². The Morgan fingerprint density at radius 1 is 1.35 bits per heavy atom. The van der Waals surface area contributed by atoms with Crippen LogP contribution in [0.25, 0.3) is 0 Å². The third kappa shape index (κ3) is 1.65.